The summed E-state index contributed by atoms with van der Waals surface area (Å²) in [7, 11) is 0. The predicted octanol–water partition coefficient (Wildman–Crippen LogP) is 4.75. The summed E-state index contributed by atoms with van der Waals surface area (Å²) >= 11 is 0. The smallest absolute Gasteiger partial charge is 0.417 e. The molecule has 2 rings (SSSR count). The molecule has 0 saturated carbocycles. The van der Waals surface area contributed by atoms with Gasteiger partial charge in [-0.2, -0.15) is 13.2 Å². The lowest BCUT2D eigenvalue weighted by atomic mass is 10.1. The van der Waals surface area contributed by atoms with Gasteiger partial charge in [-0.15, -0.1) is 0 Å². The van der Waals surface area contributed by atoms with Crippen LogP contribution in [0.15, 0.2) is 36.5 Å². The highest BCUT2D eigenvalue weighted by Crippen LogP contribution is 2.33. The second-order valence-corrected chi connectivity index (χ2v) is 4.79. The van der Waals surface area contributed by atoms with Crippen LogP contribution in [0, 0.1) is 10.1 Å². The fraction of sp³-hybridized carbons (Fsp3) is 0.267. The molecule has 1 heterocycles. The van der Waals surface area contributed by atoms with E-state index in [1.807, 2.05) is 6.92 Å². The van der Waals surface area contributed by atoms with Crippen molar-refractivity contribution < 1.29 is 22.8 Å². The zero-order valence-electron chi connectivity index (χ0n) is 12.1. The van der Waals surface area contributed by atoms with Gasteiger partial charge >= 0.3 is 6.18 Å². The zero-order chi connectivity index (χ0) is 17.0. The Balaban J connectivity index is 2.29. The van der Waals surface area contributed by atoms with Crippen LogP contribution in [0.25, 0.3) is 0 Å². The largest absolute Gasteiger partial charge is 0.439 e. The van der Waals surface area contributed by atoms with Gasteiger partial charge in [-0.1, -0.05) is 13.3 Å². The van der Waals surface area contributed by atoms with Crippen molar-refractivity contribution in [3.05, 3.63) is 57.8 Å². The number of non-ortho nitro benzene ring substituents is 1. The molecule has 0 radical (unpaired) electrons. The molecule has 8 heteroatoms. The monoisotopic (exact) mass is 326 g/mol. The van der Waals surface area contributed by atoms with E-state index in [1.165, 1.54) is 24.3 Å². The summed E-state index contributed by atoms with van der Waals surface area (Å²) in [6, 6.07) is 6.25. The molecule has 0 bridgehead atoms. The minimum atomic E-state index is -4.47. The lowest BCUT2D eigenvalue weighted by molar-refractivity contribution is -0.384. The molecule has 1 aromatic heterocycles. The lowest BCUT2D eigenvalue weighted by Gasteiger charge is -2.12. The van der Waals surface area contributed by atoms with Crippen molar-refractivity contribution in [1.82, 2.24) is 4.98 Å². The summed E-state index contributed by atoms with van der Waals surface area (Å²) in [5.74, 6) is 0.328. The number of pyridine rings is 1. The van der Waals surface area contributed by atoms with Gasteiger partial charge in [-0.25, -0.2) is 4.98 Å². The van der Waals surface area contributed by atoms with E-state index in [4.69, 9.17) is 4.74 Å². The molecule has 2 aromatic rings. The number of aromatic nitrogens is 1. The fourth-order valence-corrected chi connectivity index (χ4v) is 1.94. The van der Waals surface area contributed by atoms with E-state index >= 15 is 0 Å². The summed E-state index contributed by atoms with van der Waals surface area (Å²) in [5.41, 5.74) is -0.607. The predicted molar refractivity (Wildman–Crippen MR) is 76.4 cm³/mol. The van der Waals surface area contributed by atoms with Gasteiger partial charge < -0.3 is 4.74 Å². The number of halogens is 3. The Morgan fingerprint density at radius 3 is 2.43 bits per heavy atom. The van der Waals surface area contributed by atoms with Crippen LogP contribution >= 0.6 is 0 Å². The van der Waals surface area contributed by atoms with Crippen LogP contribution in [0.5, 0.6) is 11.6 Å². The standard InChI is InChI=1S/C15H13F3N2O3/c1-2-3-10-8-11(15(16,17)18)9-19-14(10)23-13-6-4-12(5-7-13)20(21)22/h4-9H,2-3H2,1H3. The summed E-state index contributed by atoms with van der Waals surface area (Å²) in [4.78, 5) is 13.8. The van der Waals surface area contributed by atoms with Crippen LogP contribution in [0.2, 0.25) is 0 Å². The van der Waals surface area contributed by atoms with E-state index in [9.17, 15) is 23.3 Å². The second-order valence-electron chi connectivity index (χ2n) is 4.79. The van der Waals surface area contributed by atoms with Gasteiger partial charge in [0, 0.05) is 23.9 Å². The molecule has 1 aromatic carbocycles. The van der Waals surface area contributed by atoms with Crippen LogP contribution in [0.4, 0.5) is 18.9 Å². The Kier molecular flexibility index (Phi) is 4.83. The second kappa shape index (κ2) is 6.64. The number of nitrogens with zero attached hydrogens (tertiary/aromatic N) is 2. The fourth-order valence-electron chi connectivity index (χ4n) is 1.94. The van der Waals surface area contributed by atoms with Crippen molar-refractivity contribution in [2.75, 3.05) is 0 Å². The maximum atomic E-state index is 12.7. The number of hydrogen-bond donors (Lipinski definition) is 0. The van der Waals surface area contributed by atoms with Crippen molar-refractivity contribution in [2.45, 2.75) is 25.9 Å². The van der Waals surface area contributed by atoms with E-state index in [2.05, 4.69) is 4.98 Å². The first-order valence-corrected chi connectivity index (χ1v) is 6.79. The van der Waals surface area contributed by atoms with Crippen LogP contribution in [-0.4, -0.2) is 9.91 Å². The minimum Gasteiger partial charge on any atom is -0.439 e. The average molecular weight is 326 g/mol. The number of nitro groups is 1. The first-order chi connectivity index (χ1) is 10.8. The average Bonchev–Trinajstić information content (AvgIpc) is 2.48. The van der Waals surface area contributed by atoms with Gasteiger partial charge in [0.2, 0.25) is 5.88 Å². The molecule has 0 spiro atoms. The summed E-state index contributed by atoms with van der Waals surface area (Å²) < 4.78 is 43.7. The molecule has 0 fully saturated rings. The van der Waals surface area contributed by atoms with E-state index in [-0.39, 0.29) is 17.3 Å². The molecule has 0 N–H and O–H groups in total. The number of benzene rings is 1. The maximum absolute atomic E-state index is 12.7. The number of aryl methyl sites for hydroxylation is 1. The van der Waals surface area contributed by atoms with Gasteiger partial charge in [-0.3, -0.25) is 10.1 Å². The normalized spacial score (nSPS) is 11.3. The van der Waals surface area contributed by atoms with E-state index in [0.717, 1.165) is 6.07 Å². The van der Waals surface area contributed by atoms with Crippen molar-refractivity contribution in [3.63, 3.8) is 0 Å². The van der Waals surface area contributed by atoms with Crippen LogP contribution < -0.4 is 4.74 Å². The highest BCUT2D eigenvalue weighted by atomic mass is 19.4. The third-order valence-electron chi connectivity index (χ3n) is 3.03. The zero-order valence-corrected chi connectivity index (χ0v) is 12.1. The number of rotatable bonds is 5. The maximum Gasteiger partial charge on any atom is 0.417 e. The summed E-state index contributed by atoms with van der Waals surface area (Å²) in [6.07, 6.45) is -2.76. The quantitative estimate of drug-likeness (QED) is 0.587. The summed E-state index contributed by atoms with van der Waals surface area (Å²) in [5, 5.41) is 10.6. The highest BCUT2D eigenvalue weighted by Gasteiger charge is 2.31. The molecule has 0 aliphatic heterocycles. The van der Waals surface area contributed by atoms with E-state index in [0.29, 0.717) is 24.6 Å². The number of alkyl halides is 3. The van der Waals surface area contributed by atoms with Crippen molar-refractivity contribution >= 4 is 5.69 Å². The third-order valence-corrected chi connectivity index (χ3v) is 3.03. The van der Waals surface area contributed by atoms with Gasteiger partial charge in [0.15, 0.2) is 0 Å². The topological polar surface area (TPSA) is 65.3 Å². The number of hydrogen-bond acceptors (Lipinski definition) is 4. The van der Waals surface area contributed by atoms with Crippen LogP contribution in [0.1, 0.15) is 24.5 Å². The van der Waals surface area contributed by atoms with E-state index < -0.39 is 16.7 Å². The van der Waals surface area contributed by atoms with E-state index in [1.54, 1.807) is 0 Å². The molecule has 0 amide bonds. The van der Waals surface area contributed by atoms with Crippen molar-refractivity contribution in [2.24, 2.45) is 0 Å². The summed E-state index contributed by atoms with van der Waals surface area (Å²) in [6.45, 7) is 1.83. The number of nitro benzene ring substituents is 1. The molecule has 0 saturated heterocycles. The molecule has 0 atom stereocenters. The molecule has 0 unspecified atom stereocenters. The molecule has 0 aliphatic carbocycles. The molecular weight excluding hydrogens is 313 g/mol. The third kappa shape index (κ3) is 4.18. The molecule has 0 aliphatic rings. The number of ether oxygens (including phenoxy) is 1. The van der Waals surface area contributed by atoms with Gasteiger partial charge in [0.25, 0.3) is 5.69 Å². The Morgan fingerprint density at radius 2 is 1.91 bits per heavy atom. The Bertz CT molecular complexity index is 700. The minimum absolute atomic E-state index is 0.0636. The molecule has 122 valence electrons. The first kappa shape index (κ1) is 16.7. The Hall–Kier alpha value is -2.64. The van der Waals surface area contributed by atoms with Gasteiger partial charge in [0.05, 0.1) is 10.5 Å². The lowest BCUT2D eigenvalue weighted by Crippen LogP contribution is -2.07. The van der Waals surface area contributed by atoms with Crippen LogP contribution in [0.3, 0.4) is 0 Å². The van der Waals surface area contributed by atoms with Crippen molar-refractivity contribution in [3.8, 4) is 11.6 Å². The Labute approximate surface area is 129 Å². The first-order valence-electron chi connectivity index (χ1n) is 6.79. The highest BCUT2D eigenvalue weighted by molar-refractivity contribution is 5.39. The van der Waals surface area contributed by atoms with Gasteiger partial charge in [0.1, 0.15) is 5.75 Å². The van der Waals surface area contributed by atoms with Crippen LogP contribution in [-0.2, 0) is 12.6 Å². The Morgan fingerprint density at radius 1 is 1.26 bits per heavy atom. The molecular formula is C15H13F3N2O3. The van der Waals surface area contributed by atoms with Gasteiger partial charge in [-0.05, 0) is 24.6 Å². The SMILES string of the molecule is CCCc1cc(C(F)(F)F)cnc1Oc1ccc([N+](=O)[O-])cc1. The molecule has 23 heavy (non-hydrogen) atoms. The molecule has 5 nitrogen and oxygen atoms in total. The van der Waals surface area contributed by atoms with Crippen molar-refractivity contribution in [1.29, 1.82) is 0 Å².